The molecule has 3 heteroatoms. The summed E-state index contributed by atoms with van der Waals surface area (Å²) in [5.41, 5.74) is 5.65. The first-order valence-electron chi connectivity index (χ1n) is 4.22. The van der Waals surface area contributed by atoms with Crippen molar-refractivity contribution in [3.05, 3.63) is 0 Å². The van der Waals surface area contributed by atoms with Gasteiger partial charge in [0.05, 0.1) is 19.3 Å². The van der Waals surface area contributed by atoms with Gasteiger partial charge in [-0.2, -0.15) is 0 Å². The van der Waals surface area contributed by atoms with Gasteiger partial charge in [-0.25, -0.2) is 0 Å². The second kappa shape index (κ2) is 7.98. The summed E-state index contributed by atoms with van der Waals surface area (Å²) >= 11 is 0. The maximum atomic E-state index is 5.65. The molecule has 0 heterocycles. The van der Waals surface area contributed by atoms with Crippen molar-refractivity contribution in [2.24, 2.45) is 5.73 Å². The zero-order chi connectivity index (χ0) is 8.53. The average Bonchev–Trinajstić information content (AvgIpc) is 2.01. The maximum absolute atomic E-state index is 5.65. The molecule has 1 atom stereocenters. The minimum Gasteiger partial charge on any atom is -0.380 e. The predicted octanol–water partition coefficient (Wildman–Crippen LogP) is 0.777. The zero-order valence-electron chi connectivity index (χ0n) is 7.51. The second-order valence-corrected chi connectivity index (χ2v) is 2.49. The first-order chi connectivity index (χ1) is 5.31. The lowest BCUT2D eigenvalue weighted by molar-refractivity contribution is 0.0725. The van der Waals surface area contributed by atoms with E-state index in [4.69, 9.17) is 15.2 Å². The van der Waals surface area contributed by atoms with Crippen LogP contribution in [0.5, 0.6) is 0 Å². The van der Waals surface area contributed by atoms with Gasteiger partial charge in [-0.3, -0.25) is 0 Å². The van der Waals surface area contributed by atoms with E-state index in [9.17, 15) is 0 Å². The van der Waals surface area contributed by atoms with Crippen LogP contribution in [-0.2, 0) is 9.47 Å². The molecule has 0 bridgehead atoms. The Morgan fingerprint density at radius 3 is 2.36 bits per heavy atom. The van der Waals surface area contributed by atoms with Crippen molar-refractivity contribution in [1.82, 2.24) is 0 Å². The largest absolute Gasteiger partial charge is 0.380 e. The van der Waals surface area contributed by atoms with Gasteiger partial charge in [0.2, 0.25) is 0 Å². The molecular weight excluding hydrogens is 142 g/mol. The van der Waals surface area contributed by atoms with Crippen LogP contribution in [0.4, 0.5) is 0 Å². The van der Waals surface area contributed by atoms with Crippen LogP contribution in [0.1, 0.15) is 20.3 Å². The van der Waals surface area contributed by atoms with Gasteiger partial charge >= 0.3 is 0 Å². The normalized spacial score (nSPS) is 13.4. The third-order valence-electron chi connectivity index (χ3n) is 1.22. The Labute approximate surface area is 68.9 Å². The molecule has 0 rings (SSSR count). The lowest BCUT2D eigenvalue weighted by Crippen LogP contribution is -2.31. The Morgan fingerprint density at radius 2 is 1.82 bits per heavy atom. The Hall–Kier alpha value is -0.120. The van der Waals surface area contributed by atoms with Crippen molar-refractivity contribution in [2.45, 2.75) is 26.3 Å². The van der Waals surface area contributed by atoms with Gasteiger partial charge in [-0.1, -0.05) is 6.92 Å². The fourth-order valence-electron chi connectivity index (χ4n) is 0.696. The molecule has 0 aliphatic carbocycles. The molecule has 0 aromatic carbocycles. The number of hydrogen-bond acceptors (Lipinski definition) is 3. The van der Waals surface area contributed by atoms with Crippen LogP contribution in [0.15, 0.2) is 0 Å². The lowest BCUT2D eigenvalue weighted by atomic mass is 10.3. The van der Waals surface area contributed by atoms with E-state index in [0.29, 0.717) is 13.2 Å². The van der Waals surface area contributed by atoms with Crippen molar-refractivity contribution in [1.29, 1.82) is 0 Å². The van der Waals surface area contributed by atoms with E-state index in [1.165, 1.54) is 0 Å². The summed E-state index contributed by atoms with van der Waals surface area (Å²) in [6.07, 6.45) is 1.04. The van der Waals surface area contributed by atoms with E-state index in [1.807, 2.05) is 6.92 Å². The minimum atomic E-state index is 0.0292. The number of ether oxygens (including phenoxy) is 2. The van der Waals surface area contributed by atoms with Crippen molar-refractivity contribution in [2.75, 3.05) is 26.4 Å². The Bertz CT molecular complexity index is 78.5. The second-order valence-electron chi connectivity index (χ2n) is 2.49. The van der Waals surface area contributed by atoms with E-state index < -0.39 is 0 Å². The Balaban J connectivity index is 3.02. The van der Waals surface area contributed by atoms with E-state index in [0.717, 1.165) is 19.6 Å². The van der Waals surface area contributed by atoms with Crippen molar-refractivity contribution in [3.8, 4) is 0 Å². The zero-order valence-corrected chi connectivity index (χ0v) is 7.51. The quantitative estimate of drug-likeness (QED) is 0.561. The third-order valence-corrected chi connectivity index (χ3v) is 1.22. The smallest absolute Gasteiger partial charge is 0.0640 e. The third kappa shape index (κ3) is 7.78. The first kappa shape index (κ1) is 10.9. The summed E-state index contributed by atoms with van der Waals surface area (Å²) in [5.74, 6) is 0. The summed E-state index contributed by atoms with van der Waals surface area (Å²) < 4.78 is 10.4. The standard InChI is InChI=1S/C8H19NO2/c1-3-5-11-7-8(9)6-10-4-2/h8H,3-7,9H2,1-2H3. The van der Waals surface area contributed by atoms with Gasteiger partial charge in [0, 0.05) is 13.2 Å². The molecule has 0 aromatic heterocycles. The van der Waals surface area contributed by atoms with Crippen LogP contribution in [-0.4, -0.2) is 32.5 Å². The molecule has 11 heavy (non-hydrogen) atoms. The highest BCUT2D eigenvalue weighted by molar-refractivity contribution is 4.57. The van der Waals surface area contributed by atoms with E-state index in [2.05, 4.69) is 6.92 Å². The topological polar surface area (TPSA) is 44.5 Å². The highest BCUT2D eigenvalue weighted by Gasteiger charge is 2.00. The van der Waals surface area contributed by atoms with Crippen LogP contribution in [0.2, 0.25) is 0 Å². The van der Waals surface area contributed by atoms with Gasteiger partial charge in [-0.05, 0) is 13.3 Å². The van der Waals surface area contributed by atoms with Crippen molar-refractivity contribution >= 4 is 0 Å². The summed E-state index contributed by atoms with van der Waals surface area (Å²) in [4.78, 5) is 0. The molecule has 1 unspecified atom stereocenters. The van der Waals surface area contributed by atoms with Gasteiger partial charge < -0.3 is 15.2 Å². The molecule has 0 aliphatic rings. The molecule has 0 aromatic rings. The van der Waals surface area contributed by atoms with E-state index >= 15 is 0 Å². The molecule has 0 spiro atoms. The van der Waals surface area contributed by atoms with Crippen LogP contribution in [0.3, 0.4) is 0 Å². The molecule has 3 nitrogen and oxygen atoms in total. The summed E-state index contributed by atoms with van der Waals surface area (Å²) in [7, 11) is 0. The molecule has 0 aliphatic heterocycles. The average molecular weight is 161 g/mol. The SMILES string of the molecule is CCCOCC(N)COCC. The maximum Gasteiger partial charge on any atom is 0.0640 e. The first-order valence-corrected chi connectivity index (χ1v) is 4.22. The summed E-state index contributed by atoms with van der Waals surface area (Å²) in [5, 5.41) is 0. The molecule has 0 radical (unpaired) electrons. The molecule has 68 valence electrons. The predicted molar refractivity (Wildman–Crippen MR) is 45.6 cm³/mol. The van der Waals surface area contributed by atoms with Crippen molar-refractivity contribution < 1.29 is 9.47 Å². The monoisotopic (exact) mass is 161 g/mol. The Kier molecular flexibility index (Phi) is 7.89. The summed E-state index contributed by atoms with van der Waals surface area (Å²) in [6, 6.07) is 0.0292. The highest BCUT2D eigenvalue weighted by Crippen LogP contribution is 1.86. The molecule has 0 saturated heterocycles. The number of rotatable bonds is 7. The summed E-state index contributed by atoms with van der Waals surface area (Å²) in [6.45, 7) is 6.75. The molecule has 0 amide bonds. The van der Waals surface area contributed by atoms with Crippen LogP contribution in [0.25, 0.3) is 0 Å². The highest BCUT2D eigenvalue weighted by atomic mass is 16.5. The van der Waals surface area contributed by atoms with Gasteiger partial charge in [0.15, 0.2) is 0 Å². The molecular formula is C8H19NO2. The van der Waals surface area contributed by atoms with Crippen molar-refractivity contribution in [3.63, 3.8) is 0 Å². The number of nitrogens with two attached hydrogens (primary N) is 1. The molecule has 0 saturated carbocycles. The molecule has 2 N–H and O–H groups in total. The fraction of sp³-hybridized carbons (Fsp3) is 1.00. The lowest BCUT2D eigenvalue weighted by Gasteiger charge is -2.10. The van der Waals surface area contributed by atoms with E-state index in [-0.39, 0.29) is 6.04 Å². The van der Waals surface area contributed by atoms with Crippen LogP contribution >= 0.6 is 0 Å². The molecule has 0 fully saturated rings. The minimum absolute atomic E-state index is 0.0292. The van der Waals surface area contributed by atoms with Gasteiger partial charge in [0.1, 0.15) is 0 Å². The van der Waals surface area contributed by atoms with Gasteiger partial charge in [0.25, 0.3) is 0 Å². The van der Waals surface area contributed by atoms with Crippen LogP contribution in [0, 0.1) is 0 Å². The van der Waals surface area contributed by atoms with Gasteiger partial charge in [-0.15, -0.1) is 0 Å². The van der Waals surface area contributed by atoms with Crippen LogP contribution < -0.4 is 5.73 Å². The Morgan fingerprint density at radius 1 is 1.18 bits per heavy atom. The fourth-order valence-corrected chi connectivity index (χ4v) is 0.696. The van der Waals surface area contributed by atoms with E-state index in [1.54, 1.807) is 0 Å². The number of hydrogen-bond donors (Lipinski definition) is 1.